The van der Waals surface area contributed by atoms with Crippen LogP contribution in [0.5, 0.6) is 0 Å². The van der Waals surface area contributed by atoms with E-state index in [1.165, 1.54) is 32.0 Å². The summed E-state index contributed by atoms with van der Waals surface area (Å²) < 4.78 is 9.68. The topological polar surface area (TPSA) is 84.9 Å². The third-order valence-corrected chi connectivity index (χ3v) is 6.23. The van der Waals surface area contributed by atoms with E-state index in [0.29, 0.717) is 16.5 Å². The van der Waals surface area contributed by atoms with E-state index in [4.69, 9.17) is 9.47 Å². The van der Waals surface area contributed by atoms with Gasteiger partial charge in [0.25, 0.3) is 0 Å². The minimum absolute atomic E-state index is 0.109. The maximum Gasteiger partial charge on any atom is 0.350 e. The molecule has 0 unspecified atom stereocenters. The van der Waals surface area contributed by atoms with Crippen molar-refractivity contribution in [3.8, 4) is 0 Å². The summed E-state index contributed by atoms with van der Waals surface area (Å²) in [7, 11) is 2.69. The number of anilines is 1. The number of hydrogen-bond donors (Lipinski definition) is 1. The van der Waals surface area contributed by atoms with E-state index in [-0.39, 0.29) is 30.5 Å². The largest absolute Gasteiger partial charge is 0.468 e. The molecular weight excluding hydrogens is 356 g/mol. The molecule has 1 aliphatic heterocycles. The Balaban J connectivity index is 1.71. The molecule has 7 nitrogen and oxygen atoms in total. The first-order chi connectivity index (χ1) is 12.5. The molecule has 2 aliphatic rings. The van der Waals surface area contributed by atoms with E-state index in [2.05, 4.69) is 5.32 Å². The summed E-state index contributed by atoms with van der Waals surface area (Å²) >= 11 is 1.22. The zero-order valence-electron chi connectivity index (χ0n) is 15.0. The third-order valence-electron chi connectivity index (χ3n) is 5.33. The molecule has 3 rings (SSSR count). The predicted octanol–water partition coefficient (Wildman–Crippen LogP) is 2.28. The summed E-state index contributed by atoms with van der Waals surface area (Å²) in [5.74, 6) is -0.560. The third kappa shape index (κ3) is 3.76. The van der Waals surface area contributed by atoms with Gasteiger partial charge in [0.1, 0.15) is 10.9 Å². The number of ether oxygens (including phenoxy) is 2. The van der Waals surface area contributed by atoms with Gasteiger partial charge in [0.15, 0.2) is 0 Å². The first kappa shape index (κ1) is 18.8. The van der Waals surface area contributed by atoms with Crippen LogP contribution in [-0.4, -0.2) is 55.6 Å². The van der Waals surface area contributed by atoms with Crippen LogP contribution < -0.4 is 5.32 Å². The van der Waals surface area contributed by atoms with Gasteiger partial charge in [-0.2, -0.15) is 0 Å². The summed E-state index contributed by atoms with van der Waals surface area (Å²) in [4.78, 5) is 38.9. The van der Waals surface area contributed by atoms with E-state index >= 15 is 0 Å². The highest BCUT2D eigenvalue weighted by Gasteiger charge is 2.46. The second-order valence-electron chi connectivity index (χ2n) is 6.76. The number of carbonyl (C=O) groups is 3. The number of methoxy groups -OCH3 is 2. The van der Waals surface area contributed by atoms with Crippen LogP contribution in [0.4, 0.5) is 5.69 Å². The average molecular weight is 380 g/mol. The molecule has 1 N–H and O–H groups in total. The Morgan fingerprint density at radius 1 is 1.23 bits per heavy atom. The molecule has 3 atom stereocenters. The number of likely N-dealkylation sites (tertiary alicyclic amines) is 1. The van der Waals surface area contributed by atoms with Gasteiger partial charge in [-0.05, 0) is 36.6 Å². The lowest BCUT2D eigenvalue weighted by molar-refractivity contribution is -0.146. The molecule has 1 aromatic rings. The zero-order chi connectivity index (χ0) is 18.7. The Labute approximate surface area is 156 Å². The maximum atomic E-state index is 12.6. The summed E-state index contributed by atoms with van der Waals surface area (Å²) in [5, 5.41) is 4.51. The second kappa shape index (κ2) is 8.18. The van der Waals surface area contributed by atoms with Crippen molar-refractivity contribution in [2.75, 3.05) is 26.1 Å². The molecule has 0 radical (unpaired) electrons. The van der Waals surface area contributed by atoms with Crippen molar-refractivity contribution in [1.29, 1.82) is 0 Å². The highest BCUT2D eigenvalue weighted by Crippen LogP contribution is 2.40. The van der Waals surface area contributed by atoms with Crippen LogP contribution in [-0.2, 0) is 19.1 Å². The number of rotatable bonds is 5. The van der Waals surface area contributed by atoms with Crippen molar-refractivity contribution in [3.63, 3.8) is 0 Å². The molecule has 8 heteroatoms. The Morgan fingerprint density at radius 3 is 2.73 bits per heavy atom. The van der Waals surface area contributed by atoms with Gasteiger partial charge < -0.3 is 14.8 Å². The van der Waals surface area contributed by atoms with E-state index in [9.17, 15) is 14.4 Å². The van der Waals surface area contributed by atoms with E-state index in [1.807, 2.05) is 4.90 Å². The fourth-order valence-electron chi connectivity index (χ4n) is 4.16. The number of nitrogens with one attached hydrogen (secondary N) is 1. The van der Waals surface area contributed by atoms with Crippen molar-refractivity contribution >= 4 is 34.9 Å². The quantitative estimate of drug-likeness (QED) is 0.789. The Morgan fingerprint density at radius 2 is 2.00 bits per heavy atom. The molecule has 2 heterocycles. The lowest BCUT2D eigenvalue weighted by Gasteiger charge is -2.32. The van der Waals surface area contributed by atoms with Crippen molar-refractivity contribution in [2.24, 2.45) is 5.92 Å². The Bertz CT molecular complexity index is 689. The van der Waals surface area contributed by atoms with Crippen LogP contribution in [0.25, 0.3) is 0 Å². The van der Waals surface area contributed by atoms with Crippen LogP contribution in [0, 0.1) is 5.92 Å². The van der Waals surface area contributed by atoms with Crippen molar-refractivity contribution < 1.29 is 23.9 Å². The molecule has 1 saturated heterocycles. The number of carbonyl (C=O) groups excluding carboxylic acids is 3. The fourth-order valence-corrected chi connectivity index (χ4v) is 4.93. The standard InChI is InChI=1S/C18H24N2O5S/c1-24-17(22)14-9-11-5-3-4-6-13(11)20(14)10-15(21)19-12-7-8-26-16(12)18(23)25-2/h7-8,11,13-14H,3-6,9-10H2,1-2H3,(H,19,21)/t11-,13-,14-/m0/s1. The normalized spacial score (nSPS) is 25.4. The van der Waals surface area contributed by atoms with Crippen LogP contribution in [0.1, 0.15) is 41.8 Å². The van der Waals surface area contributed by atoms with Crippen LogP contribution in [0.15, 0.2) is 11.4 Å². The molecule has 26 heavy (non-hydrogen) atoms. The predicted molar refractivity (Wildman–Crippen MR) is 97.2 cm³/mol. The van der Waals surface area contributed by atoms with Crippen molar-refractivity contribution in [1.82, 2.24) is 4.90 Å². The number of fused-ring (bicyclic) bond motifs is 1. The van der Waals surface area contributed by atoms with Gasteiger partial charge in [0.05, 0.1) is 26.5 Å². The molecule has 2 fully saturated rings. The fraction of sp³-hybridized carbons (Fsp3) is 0.611. The van der Waals surface area contributed by atoms with Gasteiger partial charge in [-0.15, -0.1) is 11.3 Å². The Kier molecular flexibility index (Phi) is 5.93. The average Bonchev–Trinajstić information content (AvgIpc) is 3.25. The Hall–Kier alpha value is -1.93. The van der Waals surface area contributed by atoms with Gasteiger partial charge in [-0.3, -0.25) is 14.5 Å². The monoisotopic (exact) mass is 380 g/mol. The lowest BCUT2D eigenvalue weighted by atomic mass is 9.85. The molecule has 1 amide bonds. The highest BCUT2D eigenvalue weighted by atomic mass is 32.1. The summed E-state index contributed by atoms with van der Waals surface area (Å²) in [6, 6.07) is 1.54. The zero-order valence-corrected chi connectivity index (χ0v) is 15.8. The number of esters is 2. The highest BCUT2D eigenvalue weighted by molar-refractivity contribution is 7.12. The van der Waals surface area contributed by atoms with Gasteiger partial charge in [-0.25, -0.2) is 4.79 Å². The number of hydrogen-bond acceptors (Lipinski definition) is 7. The minimum Gasteiger partial charge on any atom is -0.468 e. The summed E-state index contributed by atoms with van der Waals surface area (Å²) in [5.41, 5.74) is 0.445. The van der Waals surface area contributed by atoms with Crippen molar-refractivity contribution in [3.05, 3.63) is 16.3 Å². The van der Waals surface area contributed by atoms with E-state index in [1.54, 1.807) is 11.4 Å². The first-order valence-electron chi connectivity index (χ1n) is 8.84. The van der Waals surface area contributed by atoms with Crippen LogP contribution in [0.3, 0.4) is 0 Å². The van der Waals surface area contributed by atoms with Gasteiger partial charge in [0.2, 0.25) is 5.91 Å². The van der Waals surface area contributed by atoms with E-state index in [0.717, 1.165) is 25.7 Å². The minimum atomic E-state index is -0.476. The van der Waals surface area contributed by atoms with Crippen LogP contribution >= 0.6 is 11.3 Å². The van der Waals surface area contributed by atoms with Gasteiger partial charge in [-0.1, -0.05) is 12.8 Å². The summed E-state index contributed by atoms with van der Waals surface area (Å²) in [6.45, 7) is 0.109. The lowest BCUT2D eigenvalue weighted by Crippen LogP contribution is -2.46. The van der Waals surface area contributed by atoms with Crippen molar-refractivity contribution in [2.45, 2.75) is 44.2 Å². The van der Waals surface area contributed by atoms with Crippen LogP contribution in [0.2, 0.25) is 0 Å². The molecule has 0 bridgehead atoms. The molecule has 0 aromatic carbocycles. The molecule has 0 spiro atoms. The molecule has 1 saturated carbocycles. The number of amides is 1. The van der Waals surface area contributed by atoms with Gasteiger partial charge in [0, 0.05) is 6.04 Å². The first-order valence-corrected chi connectivity index (χ1v) is 9.72. The number of thiophene rings is 1. The maximum absolute atomic E-state index is 12.6. The van der Waals surface area contributed by atoms with E-state index < -0.39 is 5.97 Å². The molecule has 1 aliphatic carbocycles. The molecule has 1 aromatic heterocycles. The molecule has 142 valence electrons. The van der Waals surface area contributed by atoms with Gasteiger partial charge >= 0.3 is 11.9 Å². The molecular formula is C18H24N2O5S. The SMILES string of the molecule is COC(=O)c1sccc1NC(=O)CN1[C@H](C(=O)OC)C[C@@H]2CCCC[C@@H]21. The number of nitrogens with zero attached hydrogens (tertiary/aromatic N) is 1. The smallest absolute Gasteiger partial charge is 0.350 e. The summed E-state index contributed by atoms with van der Waals surface area (Å²) in [6.07, 6.45) is 5.12. The second-order valence-corrected chi connectivity index (χ2v) is 7.68.